The molecule has 1 fully saturated rings. The zero-order valence-electron chi connectivity index (χ0n) is 11.6. The van der Waals surface area contributed by atoms with Gasteiger partial charge in [-0.3, -0.25) is 4.79 Å². The molecular weight excluding hydrogens is 240 g/mol. The number of para-hydroxylation sites is 1. The maximum absolute atomic E-state index is 12.2. The van der Waals surface area contributed by atoms with E-state index in [2.05, 4.69) is 17.6 Å². The summed E-state index contributed by atoms with van der Waals surface area (Å²) < 4.78 is 5.28. The highest BCUT2D eigenvalue weighted by atomic mass is 16.5. The fourth-order valence-electron chi connectivity index (χ4n) is 2.54. The molecule has 1 heterocycles. The van der Waals surface area contributed by atoms with E-state index in [1.165, 1.54) is 0 Å². The van der Waals surface area contributed by atoms with Gasteiger partial charge in [0.05, 0.1) is 13.2 Å². The Morgan fingerprint density at radius 2 is 2.26 bits per heavy atom. The standard InChI is InChI=1S/C15H22N2O2/c1-11-6-5-9-16-14(11)15(18)17-10-12-7-3-4-8-13(12)19-2/h3-4,7-8,11,14,16H,5-6,9-10H2,1-2H3,(H,17,18). The molecule has 2 N–H and O–H groups in total. The molecule has 19 heavy (non-hydrogen) atoms. The van der Waals surface area contributed by atoms with Gasteiger partial charge in [0.15, 0.2) is 0 Å². The van der Waals surface area contributed by atoms with Crippen molar-refractivity contribution in [3.05, 3.63) is 29.8 Å². The lowest BCUT2D eigenvalue weighted by molar-refractivity contribution is -0.125. The first-order valence-electron chi connectivity index (χ1n) is 6.85. The van der Waals surface area contributed by atoms with Crippen molar-refractivity contribution in [1.82, 2.24) is 10.6 Å². The third-order valence-electron chi connectivity index (χ3n) is 3.70. The molecule has 4 heteroatoms. The van der Waals surface area contributed by atoms with Gasteiger partial charge in [0.25, 0.3) is 0 Å². The van der Waals surface area contributed by atoms with E-state index in [9.17, 15) is 4.79 Å². The number of rotatable bonds is 4. The summed E-state index contributed by atoms with van der Waals surface area (Å²) in [5.41, 5.74) is 1.00. The molecule has 4 nitrogen and oxygen atoms in total. The van der Waals surface area contributed by atoms with Crippen LogP contribution in [0.15, 0.2) is 24.3 Å². The Balaban J connectivity index is 1.92. The number of hydrogen-bond acceptors (Lipinski definition) is 3. The van der Waals surface area contributed by atoms with Crippen LogP contribution >= 0.6 is 0 Å². The molecule has 1 saturated heterocycles. The lowest BCUT2D eigenvalue weighted by Gasteiger charge is -2.29. The van der Waals surface area contributed by atoms with Crippen molar-refractivity contribution in [1.29, 1.82) is 0 Å². The van der Waals surface area contributed by atoms with Crippen LogP contribution in [0.1, 0.15) is 25.3 Å². The minimum Gasteiger partial charge on any atom is -0.496 e. The maximum atomic E-state index is 12.2. The van der Waals surface area contributed by atoms with Gasteiger partial charge in [-0.1, -0.05) is 25.1 Å². The van der Waals surface area contributed by atoms with Crippen LogP contribution in [0, 0.1) is 5.92 Å². The lowest BCUT2D eigenvalue weighted by Crippen LogP contribution is -2.50. The average Bonchev–Trinajstić information content (AvgIpc) is 2.45. The van der Waals surface area contributed by atoms with Crippen LogP contribution in [-0.4, -0.2) is 25.6 Å². The van der Waals surface area contributed by atoms with Crippen LogP contribution in [0.25, 0.3) is 0 Å². The number of carbonyl (C=O) groups is 1. The normalized spacial score (nSPS) is 22.8. The van der Waals surface area contributed by atoms with E-state index in [1.807, 2.05) is 24.3 Å². The van der Waals surface area contributed by atoms with Crippen molar-refractivity contribution >= 4 is 5.91 Å². The quantitative estimate of drug-likeness (QED) is 0.868. The third-order valence-corrected chi connectivity index (χ3v) is 3.70. The van der Waals surface area contributed by atoms with E-state index in [1.54, 1.807) is 7.11 Å². The molecule has 2 atom stereocenters. The second kappa shape index (κ2) is 6.57. The van der Waals surface area contributed by atoms with Gasteiger partial charge in [0, 0.05) is 12.1 Å². The Kier molecular flexibility index (Phi) is 4.80. The zero-order chi connectivity index (χ0) is 13.7. The largest absolute Gasteiger partial charge is 0.496 e. The van der Waals surface area contributed by atoms with Gasteiger partial charge in [0.2, 0.25) is 5.91 Å². The SMILES string of the molecule is COc1ccccc1CNC(=O)C1NCCCC1C. The number of ether oxygens (including phenoxy) is 1. The zero-order valence-corrected chi connectivity index (χ0v) is 11.6. The van der Waals surface area contributed by atoms with Crippen molar-refractivity contribution in [2.45, 2.75) is 32.4 Å². The Morgan fingerprint density at radius 3 is 3.00 bits per heavy atom. The first-order valence-corrected chi connectivity index (χ1v) is 6.85. The number of carbonyl (C=O) groups excluding carboxylic acids is 1. The van der Waals surface area contributed by atoms with Gasteiger partial charge in [-0.25, -0.2) is 0 Å². The third kappa shape index (κ3) is 3.47. The van der Waals surface area contributed by atoms with Gasteiger partial charge in [-0.15, -0.1) is 0 Å². The highest BCUT2D eigenvalue weighted by Crippen LogP contribution is 2.18. The van der Waals surface area contributed by atoms with E-state index >= 15 is 0 Å². The van der Waals surface area contributed by atoms with Crippen molar-refractivity contribution < 1.29 is 9.53 Å². The van der Waals surface area contributed by atoms with Crippen molar-refractivity contribution in [2.75, 3.05) is 13.7 Å². The van der Waals surface area contributed by atoms with Crippen molar-refractivity contribution in [3.63, 3.8) is 0 Å². The van der Waals surface area contributed by atoms with Gasteiger partial charge < -0.3 is 15.4 Å². The van der Waals surface area contributed by atoms with Gasteiger partial charge in [-0.05, 0) is 31.4 Å². The van der Waals surface area contributed by atoms with E-state index < -0.39 is 0 Å². The summed E-state index contributed by atoms with van der Waals surface area (Å²) in [5, 5.41) is 6.28. The second-order valence-corrected chi connectivity index (χ2v) is 5.08. The molecule has 0 bridgehead atoms. The molecule has 0 radical (unpaired) electrons. The van der Waals surface area contributed by atoms with Gasteiger partial charge in [-0.2, -0.15) is 0 Å². The predicted octanol–water partition coefficient (Wildman–Crippen LogP) is 1.70. The van der Waals surface area contributed by atoms with Gasteiger partial charge >= 0.3 is 0 Å². The molecule has 104 valence electrons. The molecule has 0 saturated carbocycles. The second-order valence-electron chi connectivity index (χ2n) is 5.08. The molecule has 0 spiro atoms. The molecule has 1 amide bonds. The van der Waals surface area contributed by atoms with Crippen LogP contribution in [0.3, 0.4) is 0 Å². The number of methoxy groups -OCH3 is 1. The Morgan fingerprint density at radius 1 is 1.47 bits per heavy atom. The van der Waals surface area contributed by atoms with E-state index in [-0.39, 0.29) is 11.9 Å². The average molecular weight is 262 g/mol. The summed E-state index contributed by atoms with van der Waals surface area (Å²) >= 11 is 0. The van der Waals surface area contributed by atoms with E-state index in [0.717, 1.165) is 30.7 Å². The monoisotopic (exact) mass is 262 g/mol. The maximum Gasteiger partial charge on any atom is 0.237 e. The number of amides is 1. The molecule has 0 aliphatic carbocycles. The van der Waals surface area contributed by atoms with Crippen LogP contribution in [-0.2, 0) is 11.3 Å². The Hall–Kier alpha value is -1.55. The van der Waals surface area contributed by atoms with Crippen LogP contribution < -0.4 is 15.4 Å². The molecule has 1 aliphatic rings. The van der Waals surface area contributed by atoms with E-state index in [0.29, 0.717) is 12.5 Å². The minimum atomic E-state index is -0.0662. The minimum absolute atomic E-state index is 0.0662. The molecule has 1 aliphatic heterocycles. The summed E-state index contributed by atoms with van der Waals surface area (Å²) in [6.45, 7) is 3.56. The van der Waals surface area contributed by atoms with E-state index in [4.69, 9.17) is 4.74 Å². The van der Waals surface area contributed by atoms with Crippen LogP contribution in [0.2, 0.25) is 0 Å². The highest BCUT2D eigenvalue weighted by Gasteiger charge is 2.27. The molecule has 1 aromatic rings. The molecule has 2 rings (SSSR count). The Labute approximate surface area is 114 Å². The number of hydrogen-bond donors (Lipinski definition) is 2. The summed E-state index contributed by atoms with van der Waals surface area (Å²) in [5.74, 6) is 1.29. The Bertz CT molecular complexity index is 434. The predicted molar refractivity (Wildman–Crippen MR) is 75.0 cm³/mol. The summed E-state index contributed by atoms with van der Waals surface area (Å²) in [6.07, 6.45) is 2.26. The van der Waals surface area contributed by atoms with Crippen molar-refractivity contribution in [2.24, 2.45) is 5.92 Å². The molecule has 2 unspecified atom stereocenters. The molecule has 1 aromatic carbocycles. The lowest BCUT2D eigenvalue weighted by atomic mass is 9.92. The van der Waals surface area contributed by atoms with Gasteiger partial charge in [0.1, 0.15) is 5.75 Å². The fraction of sp³-hybridized carbons (Fsp3) is 0.533. The number of nitrogens with one attached hydrogen (secondary N) is 2. The molecule has 0 aromatic heterocycles. The summed E-state index contributed by atoms with van der Waals surface area (Å²) in [4.78, 5) is 12.2. The number of benzene rings is 1. The first kappa shape index (κ1) is 13.9. The van der Waals surface area contributed by atoms with Crippen LogP contribution in [0.4, 0.5) is 0 Å². The summed E-state index contributed by atoms with van der Waals surface area (Å²) in [6, 6.07) is 7.68. The molecular formula is C15H22N2O2. The van der Waals surface area contributed by atoms with Crippen LogP contribution in [0.5, 0.6) is 5.75 Å². The fourth-order valence-corrected chi connectivity index (χ4v) is 2.54. The first-order chi connectivity index (χ1) is 9.22. The smallest absolute Gasteiger partial charge is 0.237 e. The number of piperidine rings is 1. The topological polar surface area (TPSA) is 50.4 Å². The van der Waals surface area contributed by atoms with Crippen molar-refractivity contribution in [3.8, 4) is 5.75 Å². The highest BCUT2D eigenvalue weighted by molar-refractivity contribution is 5.82. The summed E-state index contributed by atoms with van der Waals surface area (Å²) in [7, 11) is 1.64.